The second-order valence-corrected chi connectivity index (χ2v) is 3.99. The van der Waals surface area contributed by atoms with Gasteiger partial charge < -0.3 is 4.74 Å². The van der Waals surface area contributed by atoms with Crippen LogP contribution in [0.15, 0.2) is 54.5 Å². The van der Waals surface area contributed by atoms with Gasteiger partial charge in [-0.1, -0.05) is 30.3 Å². The molecule has 0 saturated heterocycles. The summed E-state index contributed by atoms with van der Waals surface area (Å²) in [7, 11) is 0. The summed E-state index contributed by atoms with van der Waals surface area (Å²) < 4.78 is 44.1. The van der Waals surface area contributed by atoms with Crippen molar-refractivity contribution >= 4 is 11.0 Å². The van der Waals surface area contributed by atoms with E-state index in [1.54, 1.807) is 6.92 Å². The number of rotatable bonds is 3. The minimum Gasteiger partial charge on any atom is -0.487 e. The molecule has 2 aromatic carbocycles. The highest BCUT2D eigenvalue weighted by Gasteiger charge is 2.05. The van der Waals surface area contributed by atoms with Gasteiger partial charge >= 0.3 is 0 Å². The lowest BCUT2D eigenvalue weighted by molar-refractivity contribution is 0.300. The molecule has 0 saturated carbocycles. The Hall–Kier alpha value is -2.42. The number of nitrogens with zero attached hydrogens (tertiary/aromatic N) is 2. The zero-order valence-corrected chi connectivity index (χ0v) is 10.3. The Morgan fingerprint density at radius 2 is 1.74 bits per heavy atom. The maximum Gasteiger partial charge on any atom is 0.132 e. The standard InChI is InChI=1S/C16H14N2O/c1-12-16(11-19-13-7-3-2-4-8-13)18-15-10-6-5-9-14(15)17-12/h2-10H,11H2,1H3/i2D,3D,4D,7D,8D. The molecule has 0 unspecified atom stereocenters. The second-order valence-electron chi connectivity index (χ2n) is 3.99. The Morgan fingerprint density at radius 1 is 1.05 bits per heavy atom. The quantitative estimate of drug-likeness (QED) is 0.718. The summed E-state index contributed by atoms with van der Waals surface area (Å²) in [5.74, 6) is -0.185. The number of ether oxygens (including phenoxy) is 1. The van der Waals surface area contributed by atoms with Gasteiger partial charge in [0.2, 0.25) is 0 Å². The largest absolute Gasteiger partial charge is 0.487 e. The van der Waals surface area contributed by atoms with Crippen LogP contribution in [0.3, 0.4) is 0 Å². The predicted octanol–water partition coefficient (Wildman–Crippen LogP) is 3.52. The van der Waals surface area contributed by atoms with E-state index in [1.165, 1.54) is 0 Å². The van der Waals surface area contributed by atoms with Crippen molar-refractivity contribution in [1.29, 1.82) is 0 Å². The molecule has 1 heterocycles. The Balaban J connectivity index is 1.96. The topological polar surface area (TPSA) is 35.0 Å². The Kier molecular flexibility index (Phi) is 1.93. The van der Waals surface area contributed by atoms with Crippen molar-refractivity contribution in [3.63, 3.8) is 0 Å². The number of hydrogen-bond donors (Lipinski definition) is 0. The van der Waals surface area contributed by atoms with Crippen LogP contribution in [-0.2, 0) is 6.61 Å². The Labute approximate surface area is 118 Å². The van der Waals surface area contributed by atoms with Crippen molar-refractivity contribution in [2.24, 2.45) is 0 Å². The van der Waals surface area contributed by atoms with E-state index in [2.05, 4.69) is 9.97 Å². The predicted molar refractivity (Wildman–Crippen MR) is 75.0 cm³/mol. The second kappa shape index (κ2) is 5.06. The average molecular weight is 255 g/mol. The van der Waals surface area contributed by atoms with Crippen LogP contribution in [0.1, 0.15) is 18.2 Å². The fourth-order valence-electron chi connectivity index (χ4n) is 1.71. The molecule has 19 heavy (non-hydrogen) atoms. The summed E-state index contributed by atoms with van der Waals surface area (Å²) in [5.41, 5.74) is 2.70. The van der Waals surface area contributed by atoms with Crippen molar-refractivity contribution < 1.29 is 11.6 Å². The van der Waals surface area contributed by atoms with E-state index in [1.807, 2.05) is 24.3 Å². The number of aromatic nitrogens is 2. The van der Waals surface area contributed by atoms with Gasteiger partial charge in [0, 0.05) is 0 Å². The Morgan fingerprint density at radius 3 is 2.47 bits per heavy atom. The van der Waals surface area contributed by atoms with Crippen LogP contribution in [0.25, 0.3) is 11.0 Å². The third-order valence-corrected chi connectivity index (χ3v) is 2.67. The summed E-state index contributed by atoms with van der Waals surface area (Å²) in [4.78, 5) is 8.91. The molecule has 3 rings (SSSR count). The zero-order valence-electron chi connectivity index (χ0n) is 15.3. The van der Waals surface area contributed by atoms with Crippen molar-refractivity contribution in [3.8, 4) is 5.75 Å². The summed E-state index contributed by atoms with van der Waals surface area (Å²) in [6, 6.07) is 5.38. The van der Waals surface area contributed by atoms with Crippen molar-refractivity contribution in [1.82, 2.24) is 9.97 Å². The first-order valence-corrected chi connectivity index (χ1v) is 5.82. The number of aryl methyl sites for hydroxylation is 1. The van der Waals surface area contributed by atoms with Gasteiger partial charge in [-0.15, -0.1) is 0 Å². The number of hydrogen-bond acceptors (Lipinski definition) is 3. The van der Waals surface area contributed by atoms with E-state index >= 15 is 0 Å². The molecule has 0 bridgehead atoms. The van der Waals surface area contributed by atoms with E-state index in [9.17, 15) is 0 Å². The average Bonchev–Trinajstić information content (AvgIpc) is 2.58. The molecular formula is C16H14N2O. The van der Waals surface area contributed by atoms with Gasteiger partial charge in [0.1, 0.15) is 12.4 Å². The van der Waals surface area contributed by atoms with Gasteiger partial charge in [0.05, 0.1) is 29.3 Å². The van der Waals surface area contributed by atoms with Crippen molar-refractivity contribution in [3.05, 3.63) is 65.9 Å². The maximum atomic E-state index is 7.85. The summed E-state index contributed by atoms with van der Waals surface area (Å²) in [6.45, 7) is 1.76. The smallest absolute Gasteiger partial charge is 0.132 e. The molecule has 3 heteroatoms. The molecule has 0 radical (unpaired) electrons. The van der Waals surface area contributed by atoms with Crippen LogP contribution in [0.2, 0.25) is 0 Å². The highest BCUT2D eigenvalue weighted by Crippen LogP contribution is 2.15. The SMILES string of the molecule is [2H]c1c([2H])c([2H])c(OCc2nc3ccccc3nc2C)c([2H])c1[2H]. The molecule has 0 aliphatic rings. The van der Waals surface area contributed by atoms with E-state index in [-0.39, 0.29) is 24.4 Å². The molecule has 0 spiro atoms. The van der Waals surface area contributed by atoms with Gasteiger partial charge in [-0.3, -0.25) is 0 Å². The van der Waals surface area contributed by atoms with E-state index in [0.29, 0.717) is 16.9 Å². The van der Waals surface area contributed by atoms with Gasteiger partial charge in [-0.25, -0.2) is 9.97 Å². The summed E-state index contributed by atoms with van der Waals surface area (Å²) in [5, 5.41) is 0. The zero-order chi connectivity index (χ0) is 17.4. The third-order valence-electron chi connectivity index (χ3n) is 2.67. The lowest BCUT2D eigenvalue weighted by atomic mass is 10.2. The molecule has 1 aromatic heterocycles. The number of benzene rings is 2. The highest BCUT2D eigenvalue weighted by atomic mass is 16.5. The van der Waals surface area contributed by atoms with Crippen LogP contribution in [0.4, 0.5) is 0 Å². The first kappa shape index (κ1) is 7.24. The third kappa shape index (κ3) is 2.55. The van der Waals surface area contributed by atoms with Crippen LogP contribution in [-0.4, -0.2) is 9.97 Å². The van der Waals surface area contributed by atoms with Crippen LogP contribution in [0, 0.1) is 6.92 Å². The van der Waals surface area contributed by atoms with E-state index in [4.69, 9.17) is 11.6 Å². The molecule has 0 aliphatic heterocycles. The lowest BCUT2D eigenvalue weighted by Gasteiger charge is -2.08. The minimum atomic E-state index is -0.445. The van der Waals surface area contributed by atoms with Gasteiger partial charge in [-0.2, -0.15) is 0 Å². The van der Waals surface area contributed by atoms with E-state index in [0.717, 1.165) is 5.52 Å². The van der Waals surface area contributed by atoms with Crippen LogP contribution < -0.4 is 4.74 Å². The first-order chi connectivity index (χ1) is 11.4. The molecule has 3 nitrogen and oxygen atoms in total. The van der Waals surface area contributed by atoms with Gasteiger partial charge in [0.15, 0.2) is 0 Å². The molecule has 0 N–H and O–H groups in total. The van der Waals surface area contributed by atoms with Crippen molar-refractivity contribution in [2.75, 3.05) is 0 Å². The fraction of sp³-hybridized carbons (Fsp3) is 0.125. The fourth-order valence-corrected chi connectivity index (χ4v) is 1.71. The van der Waals surface area contributed by atoms with Gasteiger partial charge in [-0.05, 0) is 31.1 Å². The first-order valence-electron chi connectivity index (χ1n) is 8.32. The monoisotopic (exact) mass is 255 g/mol. The summed E-state index contributed by atoms with van der Waals surface area (Å²) in [6.07, 6.45) is 0. The number of para-hydroxylation sites is 3. The molecule has 0 atom stereocenters. The molecular weight excluding hydrogens is 236 g/mol. The van der Waals surface area contributed by atoms with Gasteiger partial charge in [0.25, 0.3) is 0 Å². The molecule has 0 amide bonds. The van der Waals surface area contributed by atoms with Crippen LogP contribution >= 0.6 is 0 Å². The normalized spacial score (nSPS) is 14.3. The molecule has 0 fully saturated rings. The molecule has 0 aliphatic carbocycles. The maximum absolute atomic E-state index is 7.85. The minimum absolute atomic E-state index is 0.0301. The highest BCUT2D eigenvalue weighted by molar-refractivity contribution is 5.74. The Bertz CT molecular complexity index is 916. The molecule has 94 valence electrons. The number of fused-ring (bicyclic) bond motifs is 1. The van der Waals surface area contributed by atoms with Crippen LogP contribution in [0.5, 0.6) is 5.75 Å². The van der Waals surface area contributed by atoms with E-state index < -0.39 is 18.1 Å². The summed E-state index contributed by atoms with van der Waals surface area (Å²) >= 11 is 0. The molecule has 3 aromatic rings. The van der Waals surface area contributed by atoms with Crippen molar-refractivity contribution in [2.45, 2.75) is 13.5 Å². The lowest BCUT2D eigenvalue weighted by Crippen LogP contribution is -2.03.